The Morgan fingerprint density at radius 2 is 1.90 bits per heavy atom. The predicted molar refractivity (Wildman–Crippen MR) is 82.7 cm³/mol. The zero-order valence-corrected chi connectivity index (χ0v) is 12.2. The Morgan fingerprint density at radius 1 is 1.10 bits per heavy atom. The molecular formula is C17H22N2O. The molecule has 1 unspecified atom stereocenters. The van der Waals surface area contributed by atoms with Crippen molar-refractivity contribution in [1.82, 2.24) is 4.98 Å². The first kappa shape index (κ1) is 14.5. The lowest BCUT2D eigenvalue weighted by Crippen LogP contribution is -2.17. The summed E-state index contributed by atoms with van der Waals surface area (Å²) in [5.41, 5.74) is 2.25. The van der Waals surface area contributed by atoms with Crippen LogP contribution >= 0.6 is 0 Å². The number of rotatable bonds is 7. The minimum absolute atomic E-state index is 0.445. The molecule has 0 saturated heterocycles. The molecule has 0 radical (unpaired) electrons. The highest BCUT2D eigenvalue weighted by Crippen LogP contribution is 2.07. The van der Waals surface area contributed by atoms with Gasteiger partial charge in [-0.3, -0.25) is 0 Å². The van der Waals surface area contributed by atoms with E-state index in [2.05, 4.69) is 29.4 Å². The van der Waals surface area contributed by atoms with Gasteiger partial charge >= 0.3 is 0 Å². The fourth-order valence-electron chi connectivity index (χ4n) is 1.93. The van der Waals surface area contributed by atoms with Crippen LogP contribution in [0.15, 0.2) is 48.5 Å². The van der Waals surface area contributed by atoms with Crippen molar-refractivity contribution in [3.8, 4) is 0 Å². The Balaban J connectivity index is 1.67. The van der Waals surface area contributed by atoms with E-state index in [9.17, 15) is 0 Å². The lowest BCUT2D eigenvalue weighted by molar-refractivity contribution is 0.0954. The molecule has 0 aliphatic rings. The average molecular weight is 270 g/mol. The molecule has 20 heavy (non-hydrogen) atoms. The van der Waals surface area contributed by atoms with Crippen LogP contribution in [0.5, 0.6) is 0 Å². The molecule has 3 heteroatoms. The Hall–Kier alpha value is -1.87. The lowest BCUT2D eigenvalue weighted by atomic mass is 10.2. The SMILES string of the molecule is Cc1cccc(NCC(C)COCc2ccccc2)n1. The van der Waals surface area contributed by atoms with Crippen LogP contribution in [0, 0.1) is 12.8 Å². The Labute approximate surface area is 121 Å². The summed E-state index contributed by atoms with van der Waals surface area (Å²) in [5.74, 6) is 1.38. The van der Waals surface area contributed by atoms with Crippen molar-refractivity contribution >= 4 is 5.82 Å². The first-order valence-corrected chi connectivity index (χ1v) is 7.03. The Bertz CT molecular complexity index is 513. The molecule has 1 aromatic carbocycles. The van der Waals surface area contributed by atoms with Gasteiger partial charge in [0.05, 0.1) is 13.2 Å². The summed E-state index contributed by atoms with van der Waals surface area (Å²) in [7, 11) is 0. The number of aromatic nitrogens is 1. The number of ether oxygens (including phenoxy) is 1. The van der Waals surface area contributed by atoms with Crippen LogP contribution < -0.4 is 5.32 Å². The topological polar surface area (TPSA) is 34.1 Å². The molecule has 1 atom stereocenters. The molecular weight excluding hydrogens is 248 g/mol. The van der Waals surface area contributed by atoms with Crippen LogP contribution in [0.2, 0.25) is 0 Å². The summed E-state index contributed by atoms with van der Waals surface area (Å²) in [6, 6.07) is 16.3. The zero-order valence-electron chi connectivity index (χ0n) is 12.2. The van der Waals surface area contributed by atoms with E-state index in [1.165, 1.54) is 5.56 Å². The van der Waals surface area contributed by atoms with Crippen molar-refractivity contribution in [2.24, 2.45) is 5.92 Å². The zero-order chi connectivity index (χ0) is 14.2. The highest BCUT2D eigenvalue weighted by molar-refractivity contribution is 5.34. The number of benzene rings is 1. The number of anilines is 1. The molecule has 0 fully saturated rings. The van der Waals surface area contributed by atoms with Gasteiger partial charge in [0, 0.05) is 12.2 Å². The van der Waals surface area contributed by atoms with Gasteiger partial charge in [0.1, 0.15) is 5.82 Å². The summed E-state index contributed by atoms with van der Waals surface area (Å²) < 4.78 is 5.73. The van der Waals surface area contributed by atoms with Crippen molar-refractivity contribution in [3.05, 3.63) is 59.8 Å². The van der Waals surface area contributed by atoms with Crippen LogP contribution in [-0.4, -0.2) is 18.1 Å². The highest BCUT2D eigenvalue weighted by atomic mass is 16.5. The third kappa shape index (κ3) is 5.02. The predicted octanol–water partition coefficient (Wildman–Crippen LogP) is 3.65. The standard InChI is InChI=1S/C17H22N2O/c1-14(11-18-17-10-6-7-15(2)19-17)12-20-13-16-8-4-3-5-9-16/h3-10,14H,11-13H2,1-2H3,(H,18,19). The van der Waals surface area contributed by atoms with Gasteiger partial charge in [-0.2, -0.15) is 0 Å². The van der Waals surface area contributed by atoms with Crippen LogP contribution in [0.4, 0.5) is 5.82 Å². The van der Waals surface area contributed by atoms with Crippen molar-refractivity contribution < 1.29 is 4.74 Å². The summed E-state index contributed by atoms with van der Waals surface area (Å²) >= 11 is 0. The van der Waals surface area contributed by atoms with E-state index in [0.717, 1.165) is 24.7 Å². The maximum Gasteiger partial charge on any atom is 0.126 e. The number of hydrogen-bond donors (Lipinski definition) is 1. The normalized spacial score (nSPS) is 12.1. The molecule has 1 N–H and O–H groups in total. The number of aryl methyl sites for hydroxylation is 1. The number of hydrogen-bond acceptors (Lipinski definition) is 3. The van der Waals surface area contributed by atoms with E-state index in [1.807, 2.05) is 43.3 Å². The fourth-order valence-corrected chi connectivity index (χ4v) is 1.93. The lowest BCUT2D eigenvalue weighted by Gasteiger charge is -2.14. The smallest absolute Gasteiger partial charge is 0.126 e. The first-order valence-electron chi connectivity index (χ1n) is 7.03. The molecule has 0 aliphatic heterocycles. The summed E-state index contributed by atoms with van der Waals surface area (Å²) in [5, 5.41) is 3.34. The largest absolute Gasteiger partial charge is 0.376 e. The molecule has 0 amide bonds. The van der Waals surface area contributed by atoms with Gasteiger partial charge < -0.3 is 10.1 Å². The van der Waals surface area contributed by atoms with E-state index in [0.29, 0.717) is 12.5 Å². The fraction of sp³-hybridized carbons (Fsp3) is 0.353. The van der Waals surface area contributed by atoms with Gasteiger partial charge in [-0.25, -0.2) is 4.98 Å². The maximum absolute atomic E-state index is 5.73. The second kappa shape index (κ2) is 7.65. The van der Waals surface area contributed by atoms with E-state index < -0.39 is 0 Å². The average Bonchev–Trinajstić information content (AvgIpc) is 2.46. The molecule has 0 aliphatic carbocycles. The third-order valence-corrected chi connectivity index (χ3v) is 3.03. The van der Waals surface area contributed by atoms with Crippen molar-refractivity contribution in [2.45, 2.75) is 20.5 Å². The van der Waals surface area contributed by atoms with Crippen LogP contribution in [0.1, 0.15) is 18.2 Å². The first-order chi connectivity index (χ1) is 9.74. The molecule has 2 aromatic rings. The maximum atomic E-state index is 5.73. The summed E-state index contributed by atoms with van der Waals surface area (Å²) in [4.78, 5) is 4.42. The molecule has 3 nitrogen and oxygen atoms in total. The van der Waals surface area contributed by atoms with E-state index in [4.69, 9.17) is 4.74 Å². The molecule has 0 spiro atoms. The van der Waals surface area contributed by atoms with Crippen LogP contribution in [0.25, 0.3) is 0 Å². The molecule has 1 heterocycles. The van der Waals surface area contributed by atoms with Gasteiger partial charge in [0.15, 0.2) is 0 Å². The molecule has 0 bridgehead atoms. The van der Waals surface area contributed by atoms with Gasteiger partial charge in [0.25, 0.3) is 0 Å². The van der Waals surface area contributed by atoms with Crippen molar-refractivity contribution in [3.63, 3.8) is 0 Å². The van der Waals surface area contributed by atoms with Crippen LogP contribution in [-0.2, 0) is 11.3 Å². The van der Waals surface area contributed by atoms with E-state index in [-0.39, 0.29) is 0 Å². The number of nitrogens with one attached hydrogen (secondary N) is 1. The van der Waals surface area contributed by atoms with Gasteiger partial charge in [-0.15, -0.1) is 0 Å². The van der Waals surface area contributed by atoms with E-state index >= 15 is 0 Å². The monoisotopic (exact) mass is 270 g/mol. The van der Waals surface area contributed by atoms with Crippen LogP contribution in [0.3, 0.4) is 0 Å². The second-order valence-corrected chi connectivity index (χ2v) is 5.15. The van der Waals surface area contributed by atoms with Gasteiger partial charge in [0.2, 0.25) is 0 Å². The number of nitrogens with zero attached hydrogens (tertiary/aromatic N) is 1. The summed E-state index contributed by atoms with van der Waals surface area (Å²) in [6.45, 7) is 6.46. The quantitative estimate of drug-likeness (QED) is 0.833. The van der Waals surface area contributed by atoms with Gasteiger partial charge in [-0.1, -0.05) is 43.3 Å². The highest BCUT2D eigenvalue weighted by Gasteiger charge is 2.03. The van der Waals surface area contributed by atoms with Crippen molar-refractivity contribution in [1.29, 1.82) is 0 Å². The molecule has 1 aromatic heterocycles. The Morgan fingerprint density at radius 3 is 2.65 bits per heavy atom. The third-order valence-electron chi connectivity index (χ3n) is 3.03. The Kier molecular flexibility index (Phi) is 5.56. The molecule has 2 rings (SSSR count). The summed E-state index contributed by atoms with van der Waals surface area (Å²) in [6.07, 6.45) is 0. The van der Waals surface area contributed by atoms with Crippen molar-refractivity contribution in [2.75, 3.05) is 18.5 Å². The second-order valence-electron chi connectivity index (χ2n) is 5.15. The molecule has 0 saturated carbocycles. The number of pyridine rings is 1. The van der Waals surface area contributed by atoms with E-state index in [1.54, 1.807) is 0 Å². The minimum atomic E-state index is 0.445. The molecule has 106 valence electrons. The van der Waals surface area contributed by atoms with Gasteiger partial charge in [-0.05, 0) is 30.5 Å². The minimum Gasteiger partial charge on any atom is -0.376 e.